The lowest BCUT2D eigenvalue weighted by atomic mass is 10.0. The molecule has 3 heteroatoms. The van der Waals surface area contributed by atoms with Crippen LogP contribution in [0.25, 0.3) is 0 Å². The topological polar surface area (TPSA) is 23.6 Å². The first kappa shape index (κ1) is 17.5. The summed E-state index contributed by atoms with van der Waals surface area (Å²) < 4.78 is 0. The zero-order valence-electron chi connectivity index (χ0n) is 15.4. The number of carbonyl (C=O) groups excluding carboxylic acids is 1. The summed E-state index contributed by atoms with van der Waals surface area (Å²) in [5.74, 6) is 0.968. The SMILES string of the molecule is CCCN1CCC(N(C)C(=O)[C@H]2[C@H](C=C(C)C)C2(C)C)CC1. The molecule has 2 fully saturated rings. The molecule has 0 spiro atoms. The molecule has 0 N–H and O–H groups in total. The maximum atomic E-state index is 12.9. The van der Waals surface area contributed by atoms with E-state index in [0.717, 1.165) is 25.9 Å². The molecule has 3 nitrogen and oxygen atoms in total. The fourth-order valence-corrected chi connectivity index (χ4v) is 4.07. The highest BCUT2D eigenvalue weighted by atomic mass is 16.2. The van der Waals surface area contributed by atoms with Gasteiger partial charge in [0.2, 0.25) is 5.91 Å². The van der Waals surface area contributed by atoms with Crippen LogP contribution in [0.3, 0.4) is 0 Å². The monoisotopic (exact) mass is 306 g/mol. The summed E-state index contributed by atoms with van der Waals surface area (Å²) in [6, 6.07) is 0.435. The zero-order chi connectivity index (χ0) is 16.5. The van der Waals surface area contributed by atoms with Gasteiger partial charge >= 0.3 is 0 Å². The second-order valence-corrected chi connectivity index (χ2v) is 8.09. The molecule has 0 aromatic carbocycles. The van der Waals surface area contributed by atoms with Crippen molar-refractivity contribution in [3.63, 3.8) is 0 Å². The van der Waals surface area contributed by atoms with Crippen molar-refractivity contribution in [2.75, 3.05) is 26.7 Å². The average Bonchev–Trinajstić information content (AvgIpc) is 2.98. The zero-order valence-corrected chi connectivity index (χ0v) is 15.4. The van der Waals surface area contributed by atoms with Crippen LogP contribution in [-0.2, 0) is 4.79 Å². The maximum Gasteiger partial charge on any atom is 0.226 e. The lowest BCUT2D eigenvalue weighted by Crippen LogP contribution is -2.46. The minimum Gasteiger partial charge on any atom is -0.342 e. The Bertz CT molecular complexity index is 429. The van der Waals surface area contributed by atoms with Crippen LogP contribution in [0.5, 0.6) is 0 Å². The summed E-state index contributed by atoms with van der Waals surface area (Å²) >= 11 is 0. The van der Waals surface area contributed by atoms with Crippen molar-refractivity contribution >= 4 is 5.91 Å². The standard InChI is InChI=1S/C19H34N2O/c1-7-10-21-11-8-15(9-12-21)20(6)18(22)17-16(13-14(2)3)19(17,4)5/h13,15-17H,7-12H2,1-6H3/t16-,17+/m0/s1. The summed E-state index contributed by atoms with van der Waals surface area (Å²) in [7, 11) is 2.02. The molecular weight excluding hydrogens is 272 g/mol. The van der Waals surface area contributed by atoms with E-state index in [4.69, 9.17) is 0 Å². The summed E-state index contributed by atoms with van der Waals surface area (Å²) in [5.41, 5.74) is 1.45. The molecule has 0 aromatic rings. The molecule has 126 valence electrons. The van der Waals surface area contributed by atoms with Gasteiger partial charge in [0, 0.05) is 26.2 Å². The average molecular weight is 306 g/mol. The van der Waals surface area contributed by atoms with Gasteiger partial charge in [-0.1, -0.05) is 32.4 Å². The minimum atomic E-state index is 0.130. The molecule has 1 heterocycles. The van der Waals surface area contributed by atoms with Gasteiger partial charge in [-0.05, 0) is 51.0 Å². The van der Waals surface area contributed by atoms with E-state index >= 15 is 0 Å². The molecule has 0 bridgehead atoms. The second-order valence-electron chi connectivity index (χ2n) is 8.09. The van der Waals surface area contributed by atoms with Crippen molar-refractivity contribution in [1.29, 1.82) is 0 Å². The molecule has 0 unspecified atom stereocenters. The first-order chi connectivity index (χ1) is 10.3. The Kier molecular flexibility index (Phi) is 5.37. The van der Waals surface area contributed by atoms with Crippen molar-refractivity contribution in [1.82, 2.24) is 9.80 Å². The summed E-state index contributed by atoms with van der Waals surface area (Å²) in [6.45, 7) is 14.4. The fraction of sp³-hybridized carbons (Fsp3) is 0.842. The smallest absolute Gasteiger partial charge is 0.226 e. The molecule has 0 radical (unpaired) electrons. The Labute approximate surface area is 136 Å². The Hall–Kier alpha value is -0.830. The Balaban J connectivity index is 1.92. The number of amides is 1. The molecule has 0 aromatic heterocycles. The van der Waals surface area contributed by atoms with E-state index in [-0.39, 0.29) is 11.3 Å². The molecule has 1 aliphatic carbocycles. The number of piperidine rings is 1. The van der Waals surface area contributed by atoms with Gasteiger partial charge in [0.15, 0.2) is 0 Å². The molecule has 1 amide bonds. The fourth-order valence-electron chi connectivity index (χ4n) is 4.07. The van der Waals surface area contributed by atoms with Crippen molar-refractivity contribution in [2.24, 2.45) is 17.3 Å². The largest absolute Gasteiger partial charge is 0.342 e. The molecule has 2 atom stereocenters. The summed E-state index contributed by atoms with van der Waals surface area (Å²) in [6.07, 6.45) is 5.77. The first-order valence-electron chi connectivity index (χ1n) is 8.93. The molecule has 1 saturated carbocycles. The number of hydrogen-bond donors (Lipinski definition) is 0. The maximum absolute atomic E-state index is 12.9. The van der Waals surface area contributed by atoms with E-state index < -0.39 is 0 Å². The first-order valence-corrected chi connectivity index (χ1v) is 8.93. The van der Waals surface area contributed by atoms with Crippen molar-refractivity contribution in [3.05, 3.63) is 11.6 Å². The third kappa shape index (κ3) is 3.56. The van der Waals surface area contributed by atoms with Crippen LogP contribution in [0.4, 0.5) is 0 Å². The van der Waals surface area contributed by atoms with Gasteiger partial charge in [-0.3, -0.25) is 4.79 Å². The van der Waals surface area contributed by atoms with Gasteiger partial charge in [-0.2, -0.15) is 0 Å². The molecule has 2 aliphatic rings. The predicted molar refractivity (Wildman–Crippen MR) is 92.7 cm³/mol. The van der Waals surface area contributed by atoms with Crippen LogP contribution in [0.15, 0.2) is 11.6 Å². The minimum absolute atomic E-state index is 0.130. The second kappa shape index (κ2) is 6.74. The van der Waals surface area contributed by atoms with Crippen LogP contribution < -0.4 is 0 Å². The molecular formula is C19H34N2O. The predicted octanol–water partition coefficient (Wildman–Crippen LogP) is 3.56. The van der Waals surface area contributed by atoms with Gasteiger partial charge in [-0.15, -0.1) is 0 Å². The van der Waals surface area contributed by atoms with E-state index in [1.54, 1.807) is 0 Å². The lowest BCUT2D eigenvalue weighted by Gasteiger charge is -2.37. The Morgan fingerprint density at radius 3 is 2.36 bits per heavy atom. The molecule has 1 aliphatic heterocycles. The summed E-state index contributed by atoms with van der Waals surface area (Å²) in [5, 5.41) is 0. The van der Waals surface area contributed by atoms with Gasteiger partial charge in [-0.25, -0.2) is 0 Å². The van der Waals surface area contributed by atoms with E-state index in [9.17, 15) is 4.79 Å². The third-order valence-corrected chi connectivity index (χ3v) is 5.68. The lowest BCUT2D eigenvalue weighted by molar-refractivity contribution is -0.135. The quantitative estimate of drug-likeness (QED) is 0.725. The van der Waals surface area contributed by atoms with Crippen LogP contribution in [0.2, 0.25) is 0 Å². The van der Waals surface area contributed by atoms with Crippen LogP contribution in [-0.4, -0.2) is 48.4 Å². The highest BCUT2D eigenvalue weighted by Crippen LogP contribution is 2.60. The van der Waals surface area contributed by atoms with E-state index in [2.05, 4.69) is 50.5 Å². The van der Waals surface area contributed by atoms with E-state index in [1.165, 1.54) is 18.5 Å². The number of nitrogens with zero attached hydrogens (tertiary/aromatic N) is 2. The Morgan fingerprint density at radius 2 is 1.86 bits per heavy atom. The summed E-state index contributed by atoms with van der Waals surface area (Å²) in [4.78, 5) is 17.5. The van der Waals surface area contributed by atoms with Gasteiger partial charge in [0.25, 0.3) is 0 Å². The number of allylic oxidation sites excluding steroid dienone is 2. The highest BCUT2D eigenvalue weighted by molar-refractivity contribution is 5.84. The van der Waals surface area contributed by atoms with E-state index in [1.807, 2.05) is 7.05 Å². The van der Waals surface area contributed by atoms with Crippen molar-refractivity contribution in [3.8, 4) is 0 Å². The van der Waals surface area contributed by atoms with Crippen molar-refractivity contribution < 1.29 is 4.79 Å². The molecule has 22 heavy (non-hydrogen) atoms. The Morgan fingerprint density at radius 1 is 1.27 bits per heavy atom. The van der Waals surface area contributed by atoms with Crippen molar-refractivity contribution in [2.45, 2.75) is 59.9 Å². The van der Waals surface area contributed by atoms with Crippen LogP contribution in [0, 0.1) is 17.3 Å². The highest BCUT2D eigenvalue weighted by Gasteiger charge is 2.61. The normalized spacial score (nSPS) is 28.3. The van der Waals surface area contributed by atoms with Gasteiger partial charge in [0.05, 0.1) is 5.92 Å². The number of likely N-dealkylation sites (tertiary alicyclic amines) is 1. The van der Waals surface area contributed by atoms with Crippen LogP contribution in [0.1, 0.15) is 53.9 Å². The number of rotatable bonds is 5. The number of carbonyl (C=O) groups is 1. The van der Waals surface area contributed by atoms with E-state index in [0.29, 0.717) is 17.9 Å². The molecule has 1 saturated heterocycles. The number of hydrogen-bond acceptors (Lipinski definition) is 2. The van der Waals surface area contributed by atoms with Gasteiger partial charge < -0.3 is 9.80 Å². The third-order valence-electron chi connectivity index (χ3n) is 5.68. The van der Waals surface area contributed by atoms with Crippen LogP contribution >= 0.6 is 0 Å². The molecule has 2 rings (SSSR count). The van der Waals surface area contributed by atoms with Gasteiger partial charge in [0.1, 0.15) is 0 Å².